The van der Waals surface area contributed by atoms with Crippen molar-refractivity contribution in [2.75, 3.05) is 38.6 Å². The van der Waals surface area contributed by atoms with Gasteiger partial charge in [0.15, 0.2) is 5.82 Å². The van der Waals surface area contributed by atoms with E-state index in [0.29, 0.717) is 23.7 Å². The first kappa shape index (κ1) is 25.5. The lowest BCUT2D eigenvalue weighted by molar-refractivity contribution is 0.246. The van der Waals surface area contributed by atoms with Crippen LogP contribution in [0.5, 0.6) is 5.75 Å². The molecule has 0 unspecified atom stereocenters. The van der Waals surface area contributed by atoms with Crippen LogP contribution in [-0.4, -0.2) is 74.9 Å². The maximum atomic E-state index is 14.2. The largest absolute Gasteiger partial charge is 0.508 e. The number of piperidine rings is 1. The summed E-state index contributed by atoms with van der Waals surface area (Å²) in [7, 11) is 4.15. The molecule has 3 aromatic heterocycles. The molecule has 0 spiro atoms. The highest BCUT2D eigenvalue weighted by Gasteiger charge is 2.33. The Morgan fingerprint density at radius 3 is 2.78 bits per heavy atom. The Labute approximate surface area is 237 Å². The Balaban J connectivity index is 1.44. The van der Waals surface area contributed by atoms with Crippen molar-refractivity contribution >= 4 is 38.5 Å². The molecule has 41 heavy (non-hydrogen) atoms. The quantitative estimate of drug-likeness (QED) is 0.343. The van der Waals surface area contributed by atoms with Gasteiger partial charge in [-0.2, -0.15) is 5.26 Å². The van der Waals surface area contributed by atoms with Crippen LogP contribution < -0.4 is 15.8 Å². The van der Waals surface area contributed by atoms with Crippen LogP contribution >= 0.6 is 0 Å². The summed E-state index contributed by atoms with van der Waals surface area (Å²) < 4.78 is 3.78. The Morgan fingerprint density at radius 2 is 1.98 bits per heavy atom. The van der Waals surface area contributed by atoms with Crippen molar-refractivity contribution < 1.29 is 5.11 Å². The van der Waals surface area contributed by atoms with E-state index < -0.39 is 0 Å². The van der Waals surface area contributed by atoms with Crippen LogP contribution in [0.15, 0.2) is 59.8 Å². The Kier molecular flexibility index (Phi) is 6.14. The number of nitrogens with one attached hydrogen (secondary N) is 1. The van der Waals surface area contributed by atoms with Gasteiger partial charge in [-0.1, -0.05) is 24.3 Å². The molecule has 5 heterocycles. The van der Waals surface area contributed by atoms with Crippen molar-refractivity contribution in [1.82, 2.24) is 29.3 Å². The lowest BCUT2D eigenvalue weighted by atomic mass is 9.97. The molecule has 0 bridgehead atoms. The van der Waals surface area contributed by atoms with Crippen molar-refractivity contribution in [2.45, 2.75) is 37.4 Å². The predicted molar refractivity (Wildman–Crippen MR) is 160 cm³/mol. The average molecular weight is 549 g/mol. The highest BCUT2D eigenvalue weighted by molar-refractivity contribution is 6.07. The average Bonchev–Trinajstić information content (AvgIpc) is 3.38. The first-order chi connectivity index (χ1) is 19.9. The van der Waals surface area contributed by atoms with Gasteiger partial charge in [-0.15, -0.1) is 0 Å². The molecule has 7 rings (SSSR count). The molecule has 2 fully saturated rings. The van der Waals surface area contributed by atoms with Gasteiger partial charge in [0.2, 0.25) is 0 Å². The molecule has 2 saturated heterocycles. The molecule has 2 aliphatic rings. The standard InChI is InChI=1S/C31H32N8O2/c1-36(2)22-16-37(17-22)30-28-29(39(18-34-28)21-8-11-33-20(14-21)7-10-32)25-9-12-38(31(41)27(25)35-30)26-15-23(40)13-19-5-3-4-6-24(19)26/h3-6,9,12-13,15,18,20-22,33,40H,7-8,11,14,16-17H2,1-2H3/t20-,21+/m1/s1. The second kappa shape index (κ2) is 9.87. The van der Waals surface area contributed by atoms with Crippen LogP contribution in [0.1, 0.15) is 25.3 Å². The second-order valence-electron chi connectivity index (χ2n) is 11.4. The van der Waals surface area contributed by atoms with Crippen molar-refractivity contribution in [2.24, 2.45) is 0 Å². The van der Waals surface area contributed by atoms with E-state index in [1.165, 1.54) is 0 Å². The minimum Gasteiger partial charge on any atom is -0.508 e. The van der Waals surface area contributed by atoms with Gasteiger partial charge in [0.05, 0.1) is 30.0 Å². The molecular formula is C31H32N8O2. The van der Waals surface area contributed by atoms with Gasteiger partial charge in [0.25, 0.3) is 5.56 Å². The number of benzene rings is 2. The van der Waals surface area contributed by atoms with E-state index >= 15 is 0 Å². The van der Waals surface area contributed by atoms with Gasteiger partial charge in [-0.3, -0.25) is 9.36 Å². The van der Waals surface area contributed by atoms with Gasteiger partial charge in [0, 0.05) is 54.3 Å². The first-order valence-electron chi connectivity index (χ1n) is 14.1. The van der Waals surface area contributed by atoms with E-state index in [1.807, 2.05) is 36.7 Å². The highest BCUT2D eigenvalue weighted by atomic mass is 16.3. The normalized spacial score (nSPS) is 19.7. The van der Waals surface area contributed by atoms with Gasteiger partial charge in [0.1, 0.15) is 16.8 Å². The van der Waals surface area contributed by atoms with Gasteiger partial charge in [-0.05, 0) is 51.0 Å². The van der Waals surface area contributed by atoms with E-state index in [2.05, 4.69) is 39.8 Å². The summed E-state index contributed by atoms with van der Waals surface area (Å²) in [6, 6.07) is 16.0. The van der Waals surface area contributed by atoms with Crippen molar-refractivity contribution in [3.8, 4) is 17.5 Å². The maximum absolute atomic E-state index is 14.2. The SMILES string of the molecule is CN(C)C1CN(c2nc3c(=O)n(-c4cc(O)cc5ccccc45)ccc3c3c2ncn3[C@H]2CCN[C@H](CC#N)C2)C1. The smallest absolute Gasteiger partial charge is 0.281 e. The molecule has 10 heteroatoms. The van der Waals surface area contributed by atoms with Crippen LogP contribution in [0, 0.1) is 11.3 Å². The minimum atomic E-state index is -0.244. The van der Waals surface area contributed by atoms with E-state index in [9.17, 15) is 15.2 Å². The summed E-state index contributed by atoms with van der Waals surface area (Å²) in [4.78, 5) is 28.5. The number of nitriles is 1. The van der Waals surface area contributed by atoms with Gasteiger partial charge < -0.3 is 24.8 Å². The lowest BCUT2D eigenvalue weighted by Gasteiger charge is -2.43. The number of phenols is 1. The predicted octanol–water partition coefficient (Wildman–Crippen LogP) is 3.55. The monoisotopic (exact) mass is 548 g/mol. The molecule has 0 radical (unpaired) electrons. The molecule has 2 N–H and O–H groups in total. The number of aromatic hydroxyl groups is 1. The zero-order valence-electron chi connectivity index (χ0n) is 23.2. The molecule has 0 aliphatic carbocycles. The second-order valence-corrected chi connectivity index (χ2v) is 11.4. The summed E-state index contributed by atoms with van der Waals surface area (Å²) in [6.07, 6.45) is 5.84. The Bertz CT molecular complexity index is 1900. The number of phenolic OH excluding ortho intramolecular Hbond substituents is 1. The van der Waals surface area contributed by atoms with Gasteiger partial charge >= 0.3 is 0 Å². The van der Waals surface area contributed by atoms with E-state index in [0.717, 1.165) is 65.5 Å². The lowest BCUT2D eigenvalue weighted by Crippen LogP contribution is -2.57. The third-order valence-corrected chi connectivity index (χ3v) is 8.72. The number of hydrogen-bond acceptors (Lipinski definition) is 8. The molecule has 10 nitrogen and oxygen atoms in total. The molecule has 5 aromatic rings. The third kappa shape index (κ3) is 4.20. The molecule has 0 amide bonds. The summed E-state index contributed by atoms with van der Waals surface area (Å²) in [5.74, 6) is 0.823. The van der Waals surface area contributed by atoms with Crippen LogP contribution in [0.25, 0.3) is 38.4 Å². The number of nitrogens with zero attached hydrogens (tertiary/aromatic N) is 7. The molecule has 208 valence electrons. The topological polar surface area (TPSA) is 115 Å². The maximum Gasteiger partial charge on any atom is 0.281 e. The van der Waals surface area contributed by atoms with E-state index in [-0.39, 0.29) is 23.4 Å². The fourth-order valence-electron chi connectivity index (χ4n) is 6.39. The molecule has 2 atom stereocenters. The molecule has 2 aromatic carbocycles. The number of anilines is 1. The summed E-state index contributed by atoms with van der Waals surface area (Å²) in [6.45, 7) is 2.44. The third-order valence-electron chi connectivity index (χ3n) is 8.72. The summed E-state index contributed by atoms with van der Waals surface area (Å²) >= 11 is 0. The van der Waals surface area contributed by atoms with Crippen molar-refractivity contribution in [3.63, 3.8) is 0 Å². The van der Waals surface area contributed by atoms with E-state index in [1.54, 1.807) is 22.9 Å². The first-order valence-corrected chi connectivity index (χ1v) is 14.1. The zero-order chi connectivity index (χ0) is 28.2. The number of aromatic nitrogens is 4. The fraction of sp³-hybridized carbons (Fsp3) is 0.355. The molecular weight excluding hydrogens is 516 g/mol. The number of rotatable bonds is 5. The molecule has 2 aliphatic heterocycles. The number of pyridine rings is 2. The van der Waals surface area contributed by atoms with Gasteiger partial charge in [-0.25, -0.2) is 9.97 Å². The number of likely N-dealkylation sites (N-methyl/N-ethyl adjacent to an activating group) is 1. The molecule has 0 saturated carbocycles. The highest BCUT2D eigenvalue weighted by Crippen LogP contribution is 2.36. The summed E-state index contributed by atoms with van der Waals surface area (Å²) in [5, 5.41) is 25.7. The number of imidazole rings is 1. The number of fused-ring (bicyclic) bond motifs is 4. The number of hydrogen-bond donors (Lipinski definition) is 2. The van der Waals surface area contributed by atoms with Crippen LogP contribution in [-0.2, 0) is 0 Å². The van der Waals surface area contributed by atoms with Crippen molar-refractivity contribution in [1.29, 1.82) is 5.26 Å². The minimum absolute atomic E-state index is 0.0982. The van der Waals surface area contributed by atoms with Crippen LogP contribution in [0.2, 0.25) is 0 Å². The fourth-order valence-corrected chi connectivity index (χ4v) is 6.39. The van der Waals surface area contributed by atoms with Crippen molar-refractivity contribution in [3.05, 3.63) is 65.3 Å². The van der Waals surface area contributed by atoms with E-state index in [4.69, 9.17) is 9.97 Å². The summed E-state index contributed by atoms with van der Waals surface area (Å²) in [5.41, 5.74) is 2.45. The van der Waals surface area contributed by atoms with Crippen LogP contribution in [0.4, 0.5) is 5.82 Å². The zero-order valence-corrected chi connectivity index (χ0v) is 23.2. The Morgan fingerprint density at radius 1 is 1.15 bits per heavy atom. The van der Waals surface area contributed by atoms with Crippen LogP contribution in [0.3, 0.4) is 0 Å². The Hall–Kier alpha value is -4.46.